The molecule has 4 aromatic rings. The monoisotopic (exact) mass is 424 g/mol. The number of hydrogen-bond donors (Lipinski definition) is 1. The normalized spacial score (nSPS) is 13.7. The van der Waals surface area contributed by atoms with E-state index in [1.807, 2.05) is 13.8 Å². The van der Waals surface area contributed by atoms with Gasteiger partial charge in [0.05, 0.1) is 16.8 Å². The summed E-state index contributed by atoms with van der Waals surface area (Å²) in [5.41, 5.74) is 4.39. The van der Waals surface area contributed by atoms with E-state index in [4.69, 9.17) is 4.98 Å². The maximum atomic E-state index is 12.7. The first-order chi connectivity index (χ1) is 14.1. The second kappa shape index (κ2) is 7.38. The molecule has 1 N–H and O–H groups in total. The molecule has 1 aliphatic rings. The van der Waals surface area contributed by atoms with Crippen LogP contribution in [0.4, 0.5) is 0 Å². The number of fused-ring (bicyclic) bond motifs is 3. The first-order valence-corrected chi connectivity index (χ1v) is 11.4. The predicted molar refractivity (Wildman–Crippen MR) is 115 cm³/mol. The number of nitrogens with one attached hydrogen (secondary N) is 1. The van der Waals surface area contributed by atoms with E-state index in [9.17, 15) is 4.79 Å². The molecule has 7 nitrogen and oxygen atoms in total. The second-order valence-electron chi connectivity index (χ2n) is 7.36. The third kappa shape index (κ3) is 3.38. The third-order valence-corrected chi connectivity index (χ3v) is 7.36. The second-order valence-corrected chi connectivity index (χ2v) is 9.38. The number of tetrazole rings is 1. The fraction of sp³-hybridized carbons (Fsp3) is 0.350. The van der Waals surface area contributed by atoms with Crippen LogP contribution in [0.3, 0.4) is 0 Å². The highest BCUT2D eigenvalue weighted by Gasteiger charge is 2.20. The van der Waals surface area contributed by atoms with Gasteiger partial charge in [-0.3, -0.25) is 4.79 Å². The summed E-state index contributed by atoms with van der Waals surface area (Å²) < 4.78 is 1.74. The van der Waals surface area contributed by atoms with E-state index < -0.39 is 0 Å². The maximum Gasteiger partial charge on any atom is 0.259 e. The number of benzene rings is 1. The molecule has 9 heteroatoms. The molecule has 3 heterocycles. The van der Waals surface area contributed by atoms with E-state index in [1.54, 1.807) is 16.0 Å². The molecule has 0 spiro atoms. The first kappa shape index (κ1) is 18.5. The number of H-pyrrole nitrogens is 1. The minimum Gasteiger partial charge on any atom is -0.309 e. The molecule has 1 aliphatic carbocycles. The molecular formula is C20H20N6OS2. The number of rotatable bonds is 4. The predicted octanol–water partition coefficient (Wildman–Crippen LogP) is 3.75. The van der Waals surface area contributed by atoms with Gasteiger partial charge in [-0.2, -0.15) is 4.68 Å². The van der Waals surface area contributed by atoms with Gasteiger partial charge in [-0.25, -0.2) is 4.98 Å². The van der Waals surface area contributed by atoms with Gasteiger partial charge in [-0.1, -0.05) is 23.9 Å². The van der Waals surface area contributed by atoms with Gasteiger partial charge in [-0.15, -0.1) is 16.4 Å². The molecule has 3 aromatic heterocycles. The van der Waals surface area contributed by atoms with Gasteiger partial charge in [-0.05, 0) is 72.7 Å². The van der Waals surface area contributed by atoms with Gasteiger partial charge in [0.15, 0.2) is 0 Å². The summed E-state index contributed by atoms with van der Waals surface area (Å²) in [6, 6.07) is 6.20. The Hall–Kier alpha value is -2.52. The lowest BCUT2D eigenvalue weighted by Crippen LogP contribution is -2.12. The lowest BCUT2D eigenvalue weighted by molar-refractivity contribution is 0.700. The minimum atomic E-state index is -0.0286. The molecular weight excluding hydrogens is 404 g/mol. The van der Waals surface area contributed by atoms with Crippen LogP contribution in [0.15, 0.2) is 28.2 Å². The van der Waals surface area contributed by atoms with Crippen molar-refractivity contribution < 1.29 is 0 Å². The summed E-state index contributed by atoms with van der Waals surface area (Å²) in [4.78, 5) is 22.6. The Morgan fingerprint density at radius 2 is 2.10 bits per heavy atom. The number of thiophene rings is 1. The Morgan fingerprint density at radius 3 is 3.00 bits per heavy atom. The van der Waals surface area contributed by atoms with E-state index in [0.717, 1.165) is 46.3 Å². The Kier molecular flexibility index (Phi) is 4.71. The van der Waals surface area contributed by atoms with Crippen molar-refractivity contribution in [3.05, 3.63) is 55.9 Å². The Balaban J connectivity index is 1.44. The number of hydrogen-bond acceptors (Lipinski definition) is 7. The Labute approximate surface area is 175 Å². The van der Waals surface area contributed by atoms with Gasteiger partial charge in [0, 0.05) is 4.88 Å². The summed E-state index contributed by atoms with van der Waals surface area (Å²) in [7, 11) is 0. The molecule has 0 atom stereocenters. The van der Waals surface area contributed by atoms with E-state index in [-0.39, 0.29) is 5.56 Å². The molecule has 0 aliphatic heterocycles. The summed E-state index contributed by atoms with van der Waals surface area (Å²) in [6.45, 7) is 4.08. The molecule has 1 aromatic carbocycles. The van der Waals surface area contributed by atoms with Crippen molar-refractivity contribution >= 4 is 33.3 Å². The zero-order chi connectivity index (χ0) is 20.0. The van der Waals surface area contributed by atoms with Crippen molar-refractivity contribution in [2.75, 3.05) is 0 Å². The van der Waals surface area contributed by atoms with Crippen LogP contribution in [-0.2, 0) is 18.6 Å². The smallest absolute Gasteiger partial charge is 0.259 e. The summed E-state index contributed by atoms with van der Waals surface area (Å²) >= 11 is 3.14. The van der Waals surface area contributed by atoms with E-state index in [2.05, 4.69) is 38.7 Å². The quantitative estimate of drug-likeness (QED) is 0.502. The van der Waals surface area contributed by atoms with Crippen LogP contribution in [0.25, 0.3) is 15.9 Å². The molecule has 0 amide bonds. The summed E-state index contributed by atoms with van der Waals surface area (Å²) in [6.07, 6.45) is 4.39. The molecule has 0 fully saturated rings. The lowest BCUT2D eigenvalue weighted by Gasteiger charge is -2.09. The molecule has 0 radical (unpaired) electrons. The number of thioether (sulfide) groups is 1. The first-order valence-electron chi connectivity index (χ1n) is 9.62. The van der Waals surface area contributed by atoms with Gasteiger partial charge < -0.3 is 4.98 Å². The van der Waals surface area contributed by atoms with Crippen molar-refractivity contribution in [2.24, 2.45) is 0 Å². The zero-order valence-corrected chi connectivity index (χ0v) is 17.9. The van der Waals surface area contributed by atoms with Crippen LogP contribution < -0.4 is 5.56 Å². The minimum absolute atomic E-state index is 0.0286. The van der Waals surface area contributed by atoms with Crippen LogP contribution in [0.2, 0.25) is 0 Å². The highest BCUT2D eigenvalue weighted by Crippen LogP contribution is 2.34. The van der Waals surface area contributed by atoms with Gasteiger partial charge >= 0.3 is 0 Å². The van der Waals surface area contributed by atoms with Crippen LogP contribution in [-0.4, -0.2) is 30.2 Å². The molecule has 0 saturated heterocycles. The molecule has 0 unspecified atom stereocenters. The van der Waals surface area contributed by atoms with Crippen LogP contribution in [0.1, 0.15) is 40.2 Å². The van der Waals surface area contributed by atoms with Crippen molar-refractivity contribution in [1.82, 2.24) is 30.2 Å². The van der Waals surface area contributed by atoms with E-state index in [1.165, 1.54) is 28.6 Å². The number of aromatic amines is 1. The summed E-state index contributed by atoms with van der Waals surface area (Å²) in [5, 5.41) is 13.6. The van der Waals surface area contributed by atoms with Gasteiger partial charge in [0.2, 0.25) is 5.16 Å². The van der Waals surface area contributed by atoms with Crippen LogP contribution in [0, 0.1) is 13.8 Å². The Bertz CT molecular complexity index is 1270. The van der Waals surface area contributed by atoms with Crippen molar-refractivity contribution in [3.63, 3.8) is 0 Å². The van der Waals surface area contributed by atoms with Gasteiger partial charge in [0.1, 0.15) is 10.7 Å². The number of aryl methyl sites for hydroxylation is 4. The van der Waals surface area contributed by atoms with Crippen LogP contribution >= 0.6 is 23.1 Å². The van der Waals surface area contributed by atoms with Crippen molar-refractivity contribution in [2.45, 2.75) is 50.4 Å². The fourth-order valence-electron chi connectivity index (χ4n) is 3.78. The SMILES string of the molecule is Cc1ccc(C)c(-n2nnnc2SCc2nc3sc4c(c3c(=O)[nH]2)CCCC4)c1. The number of nitrogens with zero attached hydrogens (tertiary/aromatic N) is 5. The third-order valence-electron chi connectivity index (χ3n) is 5.25. The average molecular weight is 425 g/mol. The Morgan fingerprint density at radius 1 is 1.24 bits per heavy atom. The lowest BCUT2D eigenvalue weighted by atomic mass is 9.97. The van der Waals surface area contributed by atoms with Crippen molar-refractivity contribution in [1.29, 1.82) is 0 Å². The van der Waals surface area contributed by atoms with E-state index in [0.29, 0.717) is 16.7 Å². The molecule has 0 saturated carbocycles. The molecule has 29 heavy (non-hydrogen) atoms. The number of aromatic nitrogens is 6. The largest absolute Gasteiger partial charge is 0.309 e. The molecule has 148 valence electrons. The maximum absolute atomic E-state index is 12.7. The molecule has 5 rings (SSSR count). The summed E-state index contributed by atoms with van der Waals surface area (Å²) in [5.74, 6) is 1.15. The van der Waals surface area contributed by atoms with Crippen LogP contribution in [0.5, 0.6) is 0 Å². The zero-order valence-electron chi connectivity index (χ0n) is 16.2. The standard InChI is InChI=1S/C20H20N6OS2/c1-11-7-8-12(2)14(9-11)26-20(23-24-25-26)28-10-16-21-18(27)17-13-5-3-4-6-15(13)29-19(17)22-16/h7-9H,3-6,10H2,1-2H3,(H,21,22,27). The highest BCUT2D eigenvalue weighted by molar-refractivity contribution is 7.98. The fourth-order valence-corrected chi connectivity index (χ4v) is 5.81. The average Bonchev–Trinajstić information content (AvgIpc) is 3.32. The van der Waals surface area contributed by atoms with Crippen molar-refractivity contribution in [3.8, 4) is 5.69 Å². The van der Waals surface area contributed by atoms with Gasteiger partial charge in [0.25, 0.3) is 5.56 Å². The van der Waals surface area contributed by atoms with E-state index >= 15 is 0 Å². The topological polar surface area (TPSA) is 89.3 Å². The highest BCUT2D eigenvalue weighted by atomic mass is 32.2. The molecule has 0 bridgehead atoms.